The molecule has 2 nitrogen and oxygen atoms in total. The Labute approximate surface area is 134 Å². The number of nitrogens with one attached hydrogen (secondary N) is 1. The summed E-state index contributed by atoms with van der Waals surface area (Å²) < 4.78 is 8.77. The molecule has 5 heteroatoms. The summed E-state index contributed by atoms with van der Waals surface area (Å²) in [5.74, 6) is 0.871. The third-order valence-corrected chi connectivity index (χ3v) is 4.44. The number of halogens is 3. The van der Waals surface area contributed by atoms with E-state index in [1.807, 2.05) is 19.2 Å². The molecule has 1 aromatic carbocycles. The molecule has 0 spiro atoms. The van der Waals surface area contributed by atoms with Gasteiger partial charge in [-0.2, -0.15) is 0 Å². The van der Waals surface area contributed by atoms with Crippen LogP contribution in [0.5, 0.6) is 5.75 Å². The Morgan fingerprint density at radius 2 is 1.83 bits per heavy atom. The molecule has 0 aliphatic rings. The van der Waals surface area contributed by atoms with Crippen LogP contribution in [-0.4, -0.2) is 19.7 Å². The van der Waals surface area contributed by atoms with E-state index in [9.17, 15) is 0 Å². The molecule has 0 aliphatic carbocycles. The summed E-state index contributed by atoms with van der Waals surface area (Å²) in [7, 11) is 2.01. The largest absolute Gasteiger partial charge is 0.491 e. The highest BCUT2D eigenvalue weighted by Crippen LogP contribution is 2.36. The van der Waals surface area contributed by atoms with Crippen molar-refractivity contribution in [1.29, 1.82) is 0 Å². The number of benzene rings is 1. The quantitative estimate of drug-likeness (QED) is 0.590. The molecule has 0 heterocycles. The van der Waals surface area contributed by atoms with Crippen molar-refractivity contribution in [2.24, 2.45) is 0 Å². The molecule has 0 fully saturated rings. The molecule has 1 unspecified atom stereocenters. The molecule has 0 saturated heterocycles. The van der Waals surface area contributed by atoms with E-state index < -0.39 is 0 Å². The molecule has 0 bridgehead atoms. The zero-order valence-electron chi connectivity index (χ0n) is 10.6. The van der Waals surface area contributed by atoms with Crippen LogP contribution in [0, 0.1) is 0 Å². The fourth-order valence-corrected chi connectivity index (χ4v) is 4.21. The van der Waals surface area contributed by atoms with Gasteiger partial charge in [0.1, 0.15) is 5.75 Å². The molecule has 1 N–H and O–H groups in total. The Bertz CT molecular complexity index is 357. The van der Waals surface area contributed by atoms with E-state index in [1.165, 1.54) is 0 Å². The van der Waals surface area contributed by atoms with E-state index in [1.54, 1.807) is 0 Å². The second-order valence-electron chi connectivity index (χ2n) is 4.08. The minimum absolute atomic E-state index is 0.588. The predicted octanol–water partition coefficient (Wildman–Crippen LogP) is 5.13. The van der Waals surface area contributed by atoms with E-state index in [4.69, 9.17) is 4.74 Å². The smallest absolute Gasteiger partial charge is 0.147 e. The van der Waals surface area contributed by atoms with Gasteiger partial charge in [-0.25, -0.2) is 0 Å². The minimum atomic E-state index is 0.588. The maximum atomic E-state index is 5.82. The number of rotatable bonds is 7. The Morgan fingerprint density at radius 3 is 2.33 bits per heavy atom. The summed E-state index contributed by atoms with van der Waals surface area (Å²) in [6.45, 7) is 2.93. The Hall–Kier alpha value is 0.420. The maximum Gasteiger partial charge on any atom is 0.147 e. The van der Waals surface area contributed by atoms with E-state index in [2.05, 4.69) is 60.0 Å². The highest BCUT2D eigenvalue weighted by molar-refractivity contribution is 9.11. The topological polar surface area (TPSA) is 21.3 Å². The second kappa shape index (κ2) is 8.56. The number of hydrogen-bond donors (Lipinski definition) is 1. The molecule has 0 aliphatic heterocycles. The molecule has 1 aromatic rings. The van der Waals surface area contributed by atoms with Crippen LogP contribution in [0.1, 0.15) is 26.2 Å². The minimum Gasteiger partial charge on any atom is -0.491 e. The van der Waals surface area contributed by atoms with Gasteiger partial charge in [-0.3, -0.25) is 0 Å². The van der Waals surface area contributed by atoms with Crippen molar-refractivity contribution in [2.75, 3.05) is 13.7 Å². The third kappa shape index (κ3) is 5.19. The van der Waals surface area contributed by atoms with Crippen LogP contribution < -0.4 is 10.1 Å². The van der Waals surface area contributed by atoms with Crippen molar-refractivity contribution >= 4 is 47.8 Å². The highest BCUT2D eigenvalue weighted by Gasteiger charge is 2.08. The van der Waals surface area contributed by atoms with Crippen LogP contribution in [0.25, 0.3) is 0 Å². The molecule has 0 amide bonds. The van der Waals surface area contributed by atoms with Gasteiger partial charge in [0.15, 0.2) is 0 Å². The SMILES string of the molecule is CCC(CCCOc1c(Br)cc(Br)cc1Br)NC. The first-order chi connectivity index (χ1) is 8.58. The molecule has 1 atom stereocenters. The standard InChI is InChI=1S/C13H18Br3NO/c1-3-10(17-2)5-4-6-18-13-11(15)7-9(14)8-12(13)16/h7-8,10,17H,3-6H2,1-2H3. The molecule has 0 aromatic heterocycles. The summed E-state index contributed by atoms with van der Waals surface area (Å²) in [6, 6.07) is 4.57. The van der Waals surface area contributed by atoms with Crippen LogP contribution in [0.2, 0.25) is 0 Å². The zero-order valence-corrected chi connectivity index (χ0v) is 15.4. The fourth-order valence-electron chi connectivity index (χ4n) is 1.72. The molecule has 0 saturated carbocycles. The molecule has 18 heavy (non-hydrogen) atoms. The Morgan fingerprint density at radius 1 is 1.22 bits per heavy atom. The van der Waals surface area contributed by atoms with E-state index in [0.717, 1.165) is 45.0 Å². The monoisotopic (exact) mass is 441 g/mol. The normalized spacial score (nSPS) is 12.5. The van der Waals surface area contributed by atoms with Crippen LogP contribution >= 0.6 is 47.8 Å². The van der Waals surface area contributed by atoms with Crippen LogP contribution in [0.15, 0.2) is 25.6 Å². The second-order valence-corrected chi connectivity index (χ2v) is 6.71. The van der Waals surface area contributed by atoms with Gasteiger partial charge in [0.2, 0.25) is 0 Å². The molecular formula is C13H18Br3NO. The number of hydrogen-bond acceptors (Lipinski definition) is 2. The first-order valence-corrected chi connectivity index (χ1v) is 8.41. The third-order valence-electron chi connectivity index (χ3n) is 2.81. The summed E-state index contributed by atoms with van der Waals surface area (Å²) in [4.78, 5) is 0. The van der Waals surface area contributed by atoms with Gasteiger partial charge in [-0.15, -0.1) is 0 Å². The van der Waals surface area contributed by atoms with Gasteiger partial charge in [-0.05, 0) is 70.3 Å². The first kappa shape index (κ1) is 16.5. The van der Waals surface area contributed by atoms with Gasteiger partial charge in [0, 0.05) is 10.5 Å². The molecular weight excluding hydrogens is 426 g/mol. The summed E-state index contributed by atoms with van der Waals surface area (Å²) in [6.07, 6.45) is 3.34. The Kier molecular flexibility index (Phi) is 7.84. The lowest BCUT2D eigenvalue weighted by molar-refractivity contribution is 0.293. The van der Waals surface area contributed by atoms with Crippen LogP contribution in [0.4, 0.5) is 0 Å². The van der Waals surface area contributed by atoms with E-state index in [0.29, 0.717) is 6.04 Å². The lowest BCUT2D eigenvalue weighted by Gasteiger charge is -2.15. The van der Waals surface area contributed by atoms with Gasteiger partial charge in [-0.1, -0.05) is 22.9 Å². The Balaban J connectivity index is 2.44. The maximum absolute atomic E-state index is 5.82. The van der Waals surface area contributed by atoms with Gasteiger partial charge in [0.05, 0.1) is 15.6 Å². The molecule has 102 valence electrons. The van der Waals surface area contributed by atoms with Crippen molar-refractivity contribution < 1.29 is 4.74 Å². The van der Waals surface area contributed by atoms with E-state index in [-0.39, 0.29) is 0 Å². The first-order valence-electron chi connectivity index (χ1n) is 6.03. The number of ether oxygens (including phenoxy) is 1. The lowest BCUT2D eigenvalue weighted by atomic mass is 10.1. The highest BCUT2D eigenvalue weighted by atomic mass is 79.9. The lowest BCUT2D eigenvalue weighted by Crippen LogP contribution is -2.24. The van der Waals surface area contributed by atoms with Crippen molar-refractivity contribution in [3.05, 3.63) is 25.6 Å². The zero-order chi connectivity index (χ0) is 13.5. The van der Waals surface area contributed by atoms with Gasteiger partial charge >= 0.3 is 0 Å². The van der Waals surface area contributed by atoms with Crippen LogP contribution in [-0.2, 0) is 0 Å². The average molecular weight is 444 g/mol. The van der Waals surface area contributed by atoms with E-state index >= 15 is 0 Å². The predicted molar refractivity (Wildman–Crippen MR) is 87.4 cm³/mol. The van der Waals surface area contributed by atoms with Gasteiger partial charge in [0.25, 0.3) is 0 Å². The van der Waals surface area contributed by atoms with Crippen molar-refractivity contribution in [2.45, 2.75) is 32.2 Å². The van der Waals surface area contributed by atoms with Gasteiger partial charge < -0.3 is 10.1 Å². The average Bonchev–Trinajstić information content (AvgIpc) is 2.32. The molecule has 1 rings (SSSR count). The summed E-state index contributed by atoms with van der Waals surface area (Å²) >= 11 is 10.5. The van der Waals surface area contributed by atoms with Crippen molar-refractivity contribution in [3.63, 3.8) is 0 Å². The summed E-state index contributed by atoms with van der Waals surface area (Å²) in [5, 5.41) is 3.30. The molecule has 0 radical (unpaired) electrons. The van der Waals surface area contributed by atoms with Crippen LogP contribution in [0.3, 0.4) is 0 Å². The fraction of sp³-hybridized carbons (Fsp3) is 0.538. The van der Waals surface area contributed by atoms with Crippen molar-refractivity contribution in [3.8, 4) is 5.75 Å². The summed E-state index contributed by atoms with van der Waals surface area (Å²) in [5.41, 5.74) is 0. The van der Waals surface area contributed by atoms with Crippen molar-refractivity contribution in [1.82, 2.24) is 5.32 Å².